The SMILES string of the molecule is CC(=O)N[C@@H](Cc1ccc(OCc2ccc(C(C)(C)C)cc2)cc1)C(=O)Nc1cccc2cccnc12. The molecule has 0 aliphatic carbocycles. The zero-order valence-corrected chi connectivity index (χ0v) is 21.7. The molecule has 6 heteroatoms. The van der Waals surface area contributed by atoms with Crippen LogP contribution >= 0.6 is 0 Å². The molecule has 1 aromatic heterocycles. The van der Waals surface area contributed by atoms with Gasteiger partial charge in [0.05, 0.1) is 11.2 Å². The van der Waals surface area contributed by atoms with Gasteiger partial charge >= 0.3 is 0 Å². The molecule has 0 spiro atoms. The first-order valence-corrected chi connectivity index (χ1v) is 12.4. The van der Waals surface area contributed by atoms with Crippen molar-refractivity contribution in [2.45, 2.75) is 52.2 Å². The van der Waals surface area contributed by atoms with E-state index in [4.69, 9.17) is 4.74 Å². The number of anilines is 1. The quantitative estimate of drug-likeness (QED) is 0.324. The fourth-order valence-corrected chi connectivity index (χ4v) is 4.10. The average Bonchev–Trinajstić information content (AvgIpc) is 2.87. The lowest BCUT2D eigenvalue weighted by atomic mass is 9.87. The fourth-order valence-electron chi connectivity index (χ4n) is 4.10. The second-order valence-corrected chi connectivity index (χ2v) is 10.2. The predicted molar refractivity (Wildman–Crippen MR) is 148 cm³/mol. The molecule has 0 radical (unpaired) electrons. The summed E-state index contributed by atoms with van der Waals surface area (Å²) in [6.45, 7) is 8.47. The second-order valence-electron chi connectivity index (χ2n) is 10.2. The molecule has 0 saturated carbocycles. The number of ether oxygens (including phenoxy) is 1. The van der Waals surface area contributed by atoms with Crippen LogP contribution in [0, 0.1) is 0 Å². The molecule has 2 N–H and O–H groups in total. The maximum atomic E-state index is 13.1. The zero-order valence-electron chi connectivity index (χ0n) is 21.7. The van der Waals surface area contributed by atoms with Gasteiger partial charge in [0, 0.05) is 24.9 Å². The minimum Gasteiger partial charge on any atom is -0.489 e. The van der Waals surface area contributed by atoms with Crippen molar-refractivity contribution >= 4 is 28.4 Å². The first-order chi connectivity index (χ1) is 17.7. The number of carbonyl (C=O) groups is 2. The summed E-state index contributed by atoms with van der Waals surface area (Å²) in [5.74, 6) is 0.173. The number of nitrogens with one attached hydrogen (secondary N) is 2. The van der Waals surface area contributed by atoms with Crippen LogP contribution in [0.15, 0.2) is 85.1 Å². The Morgan fingerprint density at radius 2 is 1.57 bits per heavy atom. The molecule has 0 aliphatic heterocycles. The highest BCUT2D eigenvalue weighted by molar-refractivity contribution is 6.03. The van der Waals surface area contributed by atoms with E-state index in [0.29, 0.717) is 24.2 Å². The van der Waals surface area contributed by atoms with E-state index in [-0.39, 0.29) is 17.2 Å². The Labute approximate surface area is 218 Å². The van der Waals surface area contributed by atoms with Crippen molar-refractivity contribution in [2.75, 3.05) is 5.32 Å². The Morgan fingerprint density at radius 3 is 2.24 bits per heavy atom. The van der Waals surface area contributed by atoms with Crippen LogP contribution in [0.25, 0.3) is 10.9 Å². The van der Waals surface area contributed by atoms with E-state index in [1.807, 2.05) is 48.5 Å². The van der Waals surface area contributed by atoms with Gasteiger partial charge in [0.1, 0.15) is 18.4 Å². The van der Waals surface area contributed by atoms with Crippen LogP contribution in [0.5, 0.6) is 5.75 Å². The highest BCUT2D eigenvalue weighted by atomic mass is 16.5. The van der Waals surface area contributed by atoms with Crippen LogP contribution in [0.2, 0.25) is 0 Å². The third-order valence-corrected chi connectivity index (χ3v) is 6.17. The topological polar surface area (TPSA) is 80.3 Å². The predicted octanol–water partition coefficient (Wildman–Crippen LogP) is 5.80. The minimum absolute atomic E-state index is 0.118. The molecule has 0 aliphatic rings. The van der Waals surface area contributed by atoms with Crippen molar-refractivity contribution in [3.05, 3.63) is 102 Å². The summed E-state index contributed by atoms with van der Waals surface area (Å²) in [4.78, 5) is 29.4. The number of amides is 2. The summed E-state index contributed by atoms with van der Waals surface area (Å²) in [6, 6.07) is 24.7. The molecule has 190 valence electrons. The average molecular weight is 496 g/mol. The van der Waals surface area contributed by atoms with Gasteiger partial charge in [-0.15, -0.1) is 0 Å². The van der Waals surface area contributed by atoms with Crippen LogP contribution < -0.4 is 15.4 Å². The molecule has 1 heterocycles. The van der Waals surface area contributed by atoms with E-state index in [2.05, 4.69) is 60.7 Å². The molecular formula is C31H33N3O3. The van der Waals surface area contributed by atoms with Gasteiger partial charge in [-0.3, -0.25) is 14.6 Å². The third-order valence-electron chi connectivity index (χ3n) is 6.17. The Hall–Kier alpha value is -4.19. The van der Waals surface area contributed by atoms with Crippen molar-refractivity contribution in [1.29, 1.82) is 0 Å². The summed E-state index contributed by atoms with van der Waals surface area (Å²) in [5, 5.41) is 6.63. The maximum absolute atomic E-state index is 13.1. The van der Waals surface area contributed by atoms with E-state index in [0.717, 1.165) is 22.3 Å². The van der Waals surface area contributed by atoms with Crippen LogP contribution in [0.4, 0.5) is 5.69 Å². The van der Waals surface area contributed by atoms with Crippen molar-refractivity contribution in [3.8, 4) is 5.75 Å². The number of aromatic nitrogens is 1. The molecular weight excluding hydrogens is 462 g/mol. The fraction of sp³-hybridized carbons (Fsp3) is 0.258. The standard InChI is InChI=1S/C31H33N3O3/c1-21(35)33-28(30(36)34-27-9-5-7-24-8-6-18-32-29(24)27)19-22-12-16-26(17-13-22)37-20-23-10-14-25(15-11-23)31(2,3)4/h5-18,28H,19-20H2,1-4H3,(H,33,35)(H,34,36)/t28-/m0/s1. The number of benzene rings is 3. The molecule has 2 amide bonds. The first-order valence-electron chi connectivity index (χ1n) is 12.4. The maximum Gasteiger partial charge on any atom is 0.247 e. The van der Waals surface area contributed by atoms with Crippen molar-refractivity contribution in [1.82, 2.24) is 10.3 Å². The lowest BCUT2D eigenvalue weighted by Gasteiger charge is -2.19. The van der Waals surface area contributed by atoms with Crippen LogP contribution in [-0.4, -0.2) is 22.8 Å². The van der Waals surface area contributed by atoms with Crippen molar-refractivity contribution < 1.29 is 14.3 Å². The molecule has 4 aromatic rings. The van der Waals surface area contributed by atoms with Crippen molar-refractivity contribution in [2.24, 2.45) is 0 Å². The Balaban J connectivity index is 1.39. The molecule has 37 heavy (non-hydrogen) atoms. The lowest BCUT2D eigenvalue weighted by Crippen LogP contribution is -2.44. The van der Waals surface area contributed by atoms with E-state index in [9.17, 15) is 9.59 Å². The zero-order chi connectivity index (χ0) is 26.4. The molecule has 4 rings (SSSR count). The van der Waals surface area contributed by atoms with Gasteiger partial charge in [-0.25, -0.2) is 0 Å². The van der Waals surface area contributed by atoms with Gasteiger partial charge in [-0.1, -0.05) is 75.4 Å². The number of rotatable bonds is 8. The summed E-state index contributed by atoms with van der Waals surface area (Å²) in [6.07, 6.45) is 2.03. The van der Waals surface area contributed by atoms with Gasteiger partial charge in [-0.05, 0) is 46.4 Å². The van der Waals surface area contributed by atoms with Gasteiger partial charge in [0.25, 0.3) is 0 Å². The Bertz CT molecular complexity index is 1370. The summed E-state index contributed by atoms with van der Waals surface area (Å²) < 4.78 is 5.95. The van der Waals surface area contributed by atoms with Crippen molar-refractivity contribution in [3.63, 3.8) is 0 Å². The largest absolute Gasteiger partial charge is 0.489 e. The number of fused-ring (bicyclic) bond motifs is 1. The van der Waals surface area contributed by atoms with Gasteiger partial charge in [0.2, 0.25) is 11.8 Å². The van der Waals surface area contributed by atoms with Gasteiger partial charge in [0.15, 0.2) is 0 Å². The van der Waals surface area contributed by atoms with E-state index >= 15 is 0 Å². The van der Waals surface area contributed by atoms with Crippen LogP contribution in [-0.2, 0) is 28.0 Å². The summed E-state index contributed by atoms with van der Waals surface area (Å²) in [7, 11) is 0. The van der Waals surface area contributed by atoms with Crippen LogP contribution in [0.3, 0.4) is 0 Å². The summed E-state index contributed by atoms with van der Waals surface area (Å²) in [5.41, 5.74) is 4.73. The normalized spacial score (nSPS) is 12.1. The number of pyridine rings is 1. The molecule has 0 fully saturated rings. The van der Waals surface area contributed by atoms with E-state index in [1.54, 1.807) is 12.3 Å². The second kappa shape index (κ2) is 11.2. The van der Waals surface area contributed by atoms with E-state index < -0.39 is 6.04 Å². The number of carbonyl (C=O) groups excluding carboxylic acids is 2. The smallest absolute Gasteiger partial charge is 0.247 e. The molecule has 3 aromatic carbocycles. The number of hydrogen-bond donors (Lipinski definition) is 2. The molecule has 0 unspecified atom stereocenters. The monoisotopic (exact) mass is 495 g/mol. The number of hydrogen-bond acceptors (Lipinski definition) is 4. The Kier molecular flexibility index (Phi) is 7.87. The highest BCUT2D eigenvalue weighted by Gasteiger charge is 2.21. The lowest BCUT2D eigenvalue weighted by molar-refractivity contribution is -0.125. The molecule has 1 atom stereocenters. The van der Waals surface area contributed by atoms with E-state index in [1.165, 1.54) is 12.5 Å². The molecule has 6 nitrogen and oxygen atoms in total. The van der Waals surface area contributed by atoms with Gasteiger partial charge < -0.3 is 15.4 Å². The highest BCUT2D eigenvalue weighted by Crippen LogP contribution is 2.23. The molecule has 0 bridgehead atoms. The number of nitrogens with zero attached hydrogens (tertiary/aromatic N) is 1. The van der Waals surface area contributed by atoms with Gasteiger partial charge in [-0.2, -0.15) is 0 Å². The third kappa shape index (κ3) is 6.94. The summed E-state index contributed by atoms with van der Waals surface area (Å²) >= 11 is 0. The minimum atomic E-state index is -0.732. The Morgan fingerprint density at radius 1 is 0.892 bits per heavy atom. The molecule has 0 saturated heterocycles. The number of para-hydroxylation sites is 1. The van der Waals surface area contributed by atoms with Crippen LogP contribution in [0.1, 0.15) is 44.4 Å². The first kappa shape index (κ1) is 25.9.